The molecule has 0 radical (unpaired) electrons. The minimum Gasteiger partial charge on any atom is -0.484 e. The third-order valence-corrected chi connectivity index (χ3v) is 5.50. The van der Waals surface area contributed by atoms with Crippen molar-refractivity contribution in [3.8, 4) is 5.75 Å². The standard InChI is InChI=1S/C23H22N2O5/c26-19-14-23(11-4-12-25(15-23)22(28)17-5-2-1-3-6-17)30-20-9-7-16(13-18(19)20)8-10-21(27)24-29/h1-3,5-10,13,29H,4,11-12,14-15H2,(H,24,27). The number of hydrogen-bond acceptors (Lipinski definition) is 5. The Morgan fingerprint density at radius 2 is 1.97 bits per heavy atom. The minimum atomic E-state index is -0.721. The molecule has 2 heterocycles. The Labute approximate surface area is 173 Å². The van der Waals surface area contributed by atoms with E-state index in [0.717, 1.165) is 6.42 Å². The number of hydroxylamine groups is 1. The van der Waals surface area contributed by atoms with Crippen LogP contribution in [0.25, 0.3) is 6.08 Å². The van der Waals surface area contributed by atoms with Crippen molar-refractivity contribution in [2.24, 2.45) is 0 Å². The topological polar surface area (TPSA) is 95.9 Å². The molecular weight excluding hydrogens is 384 g/mol. The summed E-state index contributed by atoms with van der Waals surface area (Å²) in [6, 6.07) is 14.2. The van der Waals surface area contributed by atoms with Crippen molar-refractivity contribution in [1.82, 2.24) is 10.4 Å². The van der Waals surface area contributed by atoms with Crippen LogP contribution in [0.3, 0.4) is 0 Å². The van der Waals surface area contributed by atoms with Gasteiger partial charge in [0.15, 0.2) is 5.78 Å². The first-order valence-electron chi connectivity index (χ1n) is 9.82. The zero-order valence-electron chi connectivity index (χ0n) is 16.3. The second-order valence-electron chi connectivity index (χ2n) is 7.65. The van der Waals surface area contributed by atoms with Gasteiger partial charge >= 0.3 is 0 Å². The summed E-state index contributed by atoms with van der Waals surface area (Å²) in [7, 11) is 0. The third-order valence-electron chi connectivity index (χ3n) is 5.50. The number of ketones is 1. The van der Waals surface area contributed by atoms with Crippen molar-refractivity contribution < 1.29 is 24.3 Å². The molecule has 2 aromatic carbocycles. The molecule has 1 spiro atoms. The molecule has 7 heteroatoms. The normalized spacial score (nSPS) is 20.7. The Morgan fingerprint density at radius 3 is 2.73 bits per heavy atom. The number of ether oxygens (including phenoxy) is 1. The van der Waals surface area contributed by atoms with E-state index in [-0.39, 0.29) is 18.1 Å². The number of nitrogens with zero attached hydrogens (tertiary/aromatic N) is 1. The lowest BCUT2D eigenvalue weighted by molar-refractivity contribution is -0.124. The van der Waals surface area contributed by atoms with Gasteiger partial charge in [-0.1, -0.05) is 24.3 Å². The second-order valence-corrected chi connectivity index (χ2v) is 7.65. The van der Waals surface area contributed by atoms with Gasteiger partial charge in [-0.3, -0.25) is 19.6 Å². The first kappa shape index (κ1) is 19.8. The Bertz CT molecular complexity index is 1020. The fourth-order valence-electron chi connectivity index (χ4n) is 4.09. The first-order valence-corrected chi connectivity index (χ1v) is 9.82. The van der Waals surface area contributed by atoms with Crippen LogP contribution in [0.2, 0.25) is 0 Å². The molecule has 2 amide bonds. The lowest BCUT2D eigenvalue weighted by Gasteiger charge is -2.44. The van der Waals surface area contributed by atoms with Crippen LogP contribution in [0, 0.1) is 0 Å². The lowest BCUT2D eigenvalue weighted by Crippen LogP contribution is -2.56. The number of rotatable bonds is 3. The molecule has 0 aliphatic carbocycles. The van der Waals surface area contributed by atoms with Crippen LogP contribution in [-0.2, 0) is 4.79 Å². The molecule has 0 aromatic heterocycles. The van der Waals surface area contributed by atoms with Crippen molar-refractivity contribution >= 4 is 23.7 Å². The van der Waals surface area contributed by atoms with Crippen LogP contribution >= 0.6 is 0 Å². The number of carbonyl (C=O) groups is 3. The number of Topliss-reactive ketones (excluding diaryl/α,β-unsaturated/α-hetero) is 1. The first-order chi connectivity index (χ1) is 14.5. The lowest BCUT2D eigenvalue weighted by atomic mass is 9.83. The highest BCUT2D eigenvalue weighted by molar-refractivity contribution is 6.01. The highest BCUT2D eigenvalue weighted by Crippen LogP contribution is 2.39. The highest BCUT2D eigenvalue weighted by atomic mass is 16.5. The summed E-state index contributed by atoms with van der Waals surface area (Å²) in [4.78, 5) is 38.7. The van der Waals surface area contributed by atoms with Gasteiger partial charge in [0.2, 0.25) is 0 Å². The fraction of sp³-hybridized carbons (Fsp3) is 0.261. The minimum absolute atomic E-state index is 0.0490. The van der Waals surface area contributed by atoms with Gasteiger partial charge in [0.05, 0.1) is 18.5 Å². The molecule has 1 saturated heterocycles. The summed E-state index contributed by atoms with van der Waals surface area (Å²) >= 11 is 0. The van der Waals surface area contributed by atoms with Crippen molar-refractivity contribution in [3.05, 3.63) is 71.3 Å². The van der Waals surface area contributed by atoms with Crippen molar-refractivity contribution in [2.45, 2.75) is 24.9 Å². The maximum atomic E-state index is 12.9. The van der Waals surface area contributed by atoms with Gasteiger partial charge in [0.25, 0.3) is 11.8 Å². The van der Waals surface area contributed by atoms with Crippen molar-refractivity contribution in [2.75, 3.05) is 13.1 Å². The number of fused-ring (bicyclic) bond motifs is 1. The summed E-state index contributed by atoms with van der Waals surface area (Å²) < 4.78 is 6.29. The van der Waals surface area contributed by atoms with Gasteiger partial charge in [-0.2, -0.15) is 0 Å². The van der Waals surface area contributed by atoms with Gasteiger partial charge in [-0.25, -0.2) is 5.48 Å². The predicted octanol–water partition coefficient (Wildman–Crippen LogP) is 2.85. The molecule has 1 atom stereocenters. The average molecular weight is 406 g/mol. The molecule has 1 fully saturated rings. The molecule has 7 nitrogen and oxygen atoms in total. The Kier molecular flexibility index (Phi) is 5.37. The Morgan fingerprint density at radius 1 is 1.17 bits per heavy atom. The largest absolute Gasteiger partial charge is 0.484 e. The van der Waals surface area contributed by atoms with Gasteiger partial charge in [-0.05, 0) is 48.7 Å². The SMILES string of the molecule is O=C(C=Cc1ccc2c(c1)C(=O)CC1(CCCN(C(=O)c3ccccc3)C1)O2)NO. The maximum Gasteiger partial charge on any atom is 0.267 e. The van der Waals surface area contributed by atoms with E-state index in [4.69, 9.17) is 9.94 Å². The monoisotopic (exact) mass is 406 g/mol. The summed E-state index contributed by atoms with van der Waals surface area (Å²) in [6.45, 7) is 1.00. The third kappa shape index (κ3) is 3.97. The quantitative estimate of drug-likeness (QED) is 0.464. The number of benzene rings is 2. The zero-order valence-corrected chi connectivity index (χ0v) is 16.3. The van der Waals surface area contributed by atoms with E-state index in [0.29, 0.717) is 42.0 Å². The summed E-state index contributed by atoms with van der Waals surface area (Å²) in [5, 5.41) is 8.57. The average Bonchev–Trinajstić information content (AvgIpc) is 2.77. The van der Waals surface area contributed by atoms with Crippen LogP contribution < -0.4 is 10.2 Å². The van der Waals surface area contributed by atoms with Crippen LogP contribution in [-0.4, -0.2) is 46.4 Å². The molecule has 0 saturated carbocycles. The van der Waals surface area contributed by atoms with Gasteiger partial charge in [0.1, 0.15) is 11.4 Å². The van der Waals surface area contributed by atoms with E-state index in [2.05, 4.69) is 0 Å². The molecular formula is C23H22N2O5. The van der Waals surface area contributed by atoms with Crippen LogP contribution in [0.5, 0.6) is 5.75 Å². The molecule has 4 rings (SSSR count). The van der Waals surface area contributed by atoms with Gasteiger partial charge in [0, 0.05) is 18.2 Å². The number of amides is 2. The Hall–Kier alpha value is -3.45. The molecule has 154 valence electrons. The van der Waals surface area contributed by atoms with E-state index in [1.165, 1.54) is 17.6 Å². The number of hydrogen-bond donors (Lipinski definition) is 2. The van der Waals surface area contributed by atoms with Crippen LogP contribution in [0.4, 0.5) is 0 Å². The molecule has 2 aliphatic rings. The summed E-state index contributed by atoms with van der Waals surface area (Å²) in [6.07, 6.45) is 4.34. The van der Waals surface area contributed by atoms with E-state index < -0.39 is 11.5 Å². The maximum absolute atomic E-state index is 12.9. The van der Waals surface area contributed by atoms with Crippen LogP contribution in [0.15, 0.2) is 54.6 Å². The van der Waals surface area contributed by atoms with E-state index in [9.17, 15) is 14.4 Å². The zero-order chi connectivity index (χ0) is 21.1. The Balaban J connectivity index is 1.54. The summed E-state index contributed by atoms with van der Waals surface area (Å²) in [5.41, 5.74) is 2.53. The molecule has 30 heavy (non-hydrogen) atoms. The van der Waals surface area contributed by atoms with E-state index in [1.54, 1.807) is 35.2 Å². The van der Waals surface area contributed by atoms with Crippen molar-refractivity contribution in [1.29, 1.82) is 0 Å². The highest BCUT2D eigenvalue weighted by Gasteiger charge is 2.44. The fourth-order valence-corrected chi connectivity index (χ4v) is 4.09. The number of carbonyl (C=O) groups excluding carboxylic acids is 3. The molecule has 0 bridgehead atoms. The van der Waals surface area contributed by atoms with Crippen molar-refractivity contribution in [3.63, 3.8) is 0 Å². The van der Waals surface area contributed by atoms with Gasteiger partial charge < -0.3 is 9.64 Å². The van der Waals surface area contributed by atoms with E-state index in [1.807, 2.05) is 18.2 Å². The second kappa shape index (κ2) is 8.12. The number of nitrogens with one attached hydrogen (secondary N) is 1. The van der Waals surface area contributed by atoms with Crippen LogP contribution in [0.1, 0.15) is 45.5 Å². The molecule has 2 aliphatic heterocycles. The number of likely N-dealkylation sites (tertiary alicyclic amines) is 1. The number of piperidine rings is 1. The smallest absolute Gasteiger partial charge is 0.267 e. The molecule has 2 N–H and O–H groups in total. The summed E-state index contributed by atoms with van der Waals surface area (Å²) in [5.74, 6) is -0.269. The molecule has 1 unspecified atom stereocenters. The molecule has 2 aromatic rings. The van der Waals surface area contributed by atoms with E-state index >= 15 is 0 Å². The van der Waals surface area contributed by atoms with Gasteiger partial charge in [-0.15, -0.1) is 0 Å². The predicted molar refractivity (Wildman–Crippen MR) is 109 cm³/mol.